The number of aryl methyl sites for hydroxylation is 2. The van der Waals surface area contributed by atoms with Crippen LogP contribution >= 0.6 is 0 Å². The zero-order valence-corrected chi connectivity index (χ0v) is 19.0. The molecule has 2 aliphatic heterocycles. The molecule has 5 rings (SSSR count). The number of carbonyl (C=O) groups is 1. The number of hydrogen-bond acceptors (Lipinski definition) is 6. The first-order valence-electron chi connectivity index (χ1n) is 11.3. The van der Waals surface area contributed by atoms with E-state index in [-0.39, 0.29) is 11.4 Å². The number of urea groups is 1. The topological polar surface area (TPSA) is 92.3 Å². The first-order valence-corrected chi connectivity index (χ1v) is 11.3. The molecule has 0 spiro atoms. The van der Waals surface area contributed by atoms with Crippen LogP contribution in [0.1, 0.15) is 24.6 Å². The third-order valence-corrected chi connectivity index (χ3v) is 6.11. The van der Waals surface area contributed by atoms with Crippen LogP contribution in [-0.2, 0) is 11.2 Å². The lowest BCUT2D eigenvalue weighted by Gasteiger charge is -2.44. The summed E-state index contributed by atoms with van der Waals surface area (Å²) >= 11 is 0. The number of ether oxygens (including phenoxy) is 1. The van der Waals surface area contributed by atoms with E-state index >= 15 is 0 Å². The largest absolute Gasteiger partial charge is 0.380 e. The van der Waals surface area contributed by atoms with Crippen molar-refractivity contribution < 1.29 is 9.53 Å². The van der Waals surface area contributed by atoms with Gasteiger partial charge in [-0.25, -0.2) is 9.78 Å². The highest BCUT2D eigenvalue weighted by molar-refractivity contribution is 5.99. The summed E-state index contributed by atoms with van der Waals surface area (Å²) in [5, 5.41) is 5.51. The molecule has 0 radical (unpaired) electrons. The summed E-state index contributed by atoms with van der Waals surface area (Å²) in [4.78, 5) is 27.9. The maximum atomic E-state index is 12.4. The minimum Gasteiger partial charge on any atom is -0.380 e. The van der Waals surface area contributed by atoms with E-state index in [1.807, 2.05) is 13.0 Å². The van der Waals surface area contributed by atoms with E-state index in [1.165, 1.54) is 17.4 Å². The Bertz CT molecular complexity index is 1160. The van der Waals surface area contributed by atoms with Gasteiger partial charge in [-0.05, 0) is 49.6 Å². The van der Waals surface area contributed by atoms with Crippen LogP contribution in [0.2, 0.25) is 0 Å². The van der Waals surface area contributed by atoms with E-state index in [0.29, 0.717) is 11.5 Å². The van der Waals surface area contributed by atoms with E-state index < -0.39 is 0 Å². The van der Waals surface area contributed by atoms with Gasteiger partial charge in [0.25, 0.3) is 0 Å². The van der Waals surface area contributed by atoms with Gasteiger partial charge in [0.15, 0.2) is 5.82 Å². The van der Waals surface area contributed by atoms with Crippen LogP contribution in [0, 0.1) is 12.3 Å². The molecule has 1 fully saturated rings. The number of pyridine rings is 1. The van der Waals surface area contributed by atoms with Gasteiger partial charge >= 0.3 is 6.03 Å². The van der Waals surface area contributed by atoms with Crippen molar-refractivity contribution in [2.45, 2.75) is 26.7 Å². The molecule has 8 heteroatoms. The second-order valence-corrected chi connectivity index (χ2v) is 9.23. The van der Waals surface area contributed by atoms with Gasteiger partial charge in [0.1, 0.15) is 0 Å². The molecule has 1 aromatic carbocycles. The third-order valence-electron chi connectivity index (χ3n) is 6.11. The molecule has 2 amide bonds. The summed E-state index contributed by atoms with van der Waals surface area (Å²) in [5.74, 6) is 0.391. The second kappa shape index (κ2) is 8.78. The van der Waals surface area contributed by atoms with Crippen LogP contribution in [-0.4, -0.2) is 47.3 Å². The number of carbonyl (C=O) groups excluding carboxylic acids is 1. The standard InChI is InChI=1S/C25H28N6O2/c1-17-5-7-20(11-27-17)28-24(32)30-23-13-26-12-21(29-23)18-6-8-22-19(10-18)4-3-9-31(22)14-25(2)15-33-16-25/h5-8,10-13H,3-4,9,14-16H2,1-2H3,(H2,28,29,30,32). The summed E-state index contributed by atoms with van der Waals surface area (Å²) in [7, 11) is 0. The SMILES string of the molecule is Cc1ccc(NC(=O)Nc2cncc(-c3ccc4c(c3)CCCN4CC3(C)COC3)n2)cn1. The van der Waals surface area contributed by atoms with Crippen molar-refractivity contribution in [2.75, 3.05) is 41.8 Å². The highest BCUT2D eigenvalue weighted by atomic mass is 16.5. The van der Waals surface area contributed by atoms with Crippen LogP contribution in [0.25, 0.3) is 11.3 Å². The Labute approximate surface area is 193 Å². The highest BCUT2D eigenvalue weighted by Crippen LogP contribution is 2.35. The normalized spacial score (nSPS) is 16.5. The lowest BCUT2D eigenvalue weighted by molar-refractivity contribution is -0.0957. The van der Waals surface area contributed by atoms with Gasteiger partial charge in [0.05, 0.1) is 43.2 Å². The number of anilines is 3. The number of hydrogen-bond donors (Lipinski definition) is 2. The predicted molar refractivity (Wildman–Crippen MR) is 129 cm³/mol. The Hall–Kier alpha value is -3.52. The molecule has 8 nitrogen and oxygen atoms in total. The van der Waals surface area contributed by atoms with Crippen LogP contribution in [0.5, 0.6) is 0 Å². The van der Waals surface area contributed by atoms with Gasteiger partial charge in [0.2, 0.25) is 0 Å². The van der Waals surface area contributed by atoms with Crippen molar-refractivity contribution in [3.63, 3.8) is 0 Å². The average molecular weight is 445 g/mol. The molecule has 0 saturated carbocycles. The first-order chi connectivity index (χ1) is 16.0. The Kier molecular flexibility index (Phi) is 5.68. The molecule has 2 aromatic heterocycles. The summed E-state index contributed by atoms with van der Waals surface area (Å²) in [6.07, 6.45) is 7.06. The summed E-state index contributed by atoms with van der Waals surface area (Å²) < 4.78 is 5.44. The molecule has 2 aliphatic rings. The average Bonchev–Trinajstić information content (AvgIpc) is 2.79. The van der Waals surface area contributed by atoms with E-state index in [0.717, 1.165) is 56.1 Å². The monoisotopic (exact) mass is 444 g/mol. The van der Waals surface area contributed by atoms with Crippen LogP contribution < -0.4 is 15.5 Å². The number of fused-ring (bicyclic) bond motifs is 1. The fourth-order valence-corrected chi connectivity index (χ4v) is 4.39. The van der Waals surface area contributed by atoms with Gasteiger partial charge in [-0.3, -0.25) is 15.3 Å². The lowest BCUT2D eigenvalue weighted by Crippen LogP contribution is -2.49. The maximum Gasteiger partial charge on any atom is 0.324 e. The summed E-state index contributed by atoms with van der Waals surface area (Å²) in [6.45, 7) is 7.95. The number of rotatable bonds is 5. The van der Waals surface area contributed by atoms with Gasteiger partial charge in [0, 0.05) is 35.4 Å². The van der Waals surface area contributed by atoms with Gasteiger partial charge in [-0.2, -0.15) is 0 Å². The van der Waals surface area contributed by atoms with Crippen molar-refractivity contribution >= 4 is 23.2 Å². The number of amides is 2. The number of nitrogens with one attached hydrogen (secondary N) is 2. The van der Waals surface area contributed by atoms with E-state index in [2.05, 4.69) is 55.6 Å². The number of nitrogens with zero attached hydrogens (tertiary/aromatic N) is 4. The Morgan fingerprint density at radius 2 is 2.03 bits per heavy atom. The molecule has 4 heterocycles. The molecular formula is C25H28N6O2. The fourth-order valence-electron chi connectivity index (χ4n) is 4.39. The van der Waals surface area contributed by atoms with Crippen LogP contribution in [0.4, 0.5) is 22.0 Å². The summed E-state index contributed by atoms with van der Waals surface area (Å²) in [6, 6.07) is 9.73. The predicted octanol–water partition coefficient (Wildman–Crippen LogP) is 4.28. The van der Waals surface area contributed by atoms with Crippen molar-refractivity contribution in [1.29, 1.82) is 0 Å². The number of benzene rings is 1. The maximum absolute atomic E-state index is 12.4. The molecule has 3 aromatic rings. The summed E-state index contributed by atoms with van der Waals surface area (Å²) in [5.41, 5.74) is 6.09. The second-order valence-electron chi connectivity index (χ2n) is 9.23. The van der Waals surface area contributed by atoms with E-state index in [9.17, 15) is 4.79 Å². The third kappa shape index (κ3) is 4.80. The molecular weight excluding hydrogens is 416 g/mol. The molecule has 0 aliphatic carbocycles. The van der Waals surface area contributed by atoms with Gasteiger partial charge in [-0.1, -0.05) is 13.0 Å². The molecule has 2 N–H and O–H groups in total. The van der Waals surface area contributed by atoms with Crippen LogP contribution in [0.3, 0.4) is 0 Å². The highest BCUT2D eigenvalue weighted by Gasteiger charge is 2.36. The first kappa shape index (κ1) is 21.3. The Morgan fingerprint density at radius 3 is 2.79 bits per heavy atom. The van der Waals surface area contributed by atoms with Crippen molar-refractivity contribution in [3.05, 3.63) is 60.2 Å². The van der Waals surface area contributed by atoms with E-state index in [1.54, 1.807) is 18.5 Å². The number of aromatic nitrogens is 3. The molecule has 0 bridgehead atoms. The van der Waals surface area contributed by atoms with Crippen molar-refractivity contribution in [2.24, 2.45) is 5.41 Å². The smallest absolute Gasteiger partial charge is 0.324 e. The quantitative estimate of drug-likeness (QED) is 0.610. The lowest BCUT2D eigenvalue weighted by atomic mass is 9.86. The zero-order valence-electron chi connectivity index (χ0n) is 19.0. The van der Waals surface area contributed by atoms with E-state index in [4.69, 9.17) is 4.74 Å². The molecule has 0 unspecified atom stereocenters. The minimum absolute atomic E-state index is 0.244. The Balaban J connectivity index is 1.30. The van der Waals surface area contributed by atoms with Crippen molar-refractivity contribution in [1.82, 2.24) is 15.0 Å². The molecule has 170 valence electrons. The molecule has 1 saturated heterocycles. The van der Waals surface area contributed by atoms with Gasteiger partial charge in [-0.15, -0.1) is 0 Å². The zero-order chi connectivity index (χ0) is 22.8. The minimum atomic E-state index is -0.387. The fraction of sp³-hybridized carbons (Fsp3) is 0.360. The molecule has 33 heavy (non-hydrogen) atoms. The van der Waals surface area contributed by atoms with Crippen LogP contribution in [0.15, 0.2) is 48.9 Å². The van der Waals surface area contributed by atoms with Gasteiger partial charge < -0.3 is 15.0 Å². The molecule has 0 atom stereocenters. The van der Waals surface area contributed by atoms with Crippen molar-refractivity contribution in [3.8, 4) is 11.3 Å². The Morgan fingerprint density at radius 1 is 1.15 bits per heavy atom.